The minimum Gasteiger partial charge on any atom is -0.465 e. The molecule has 2 atom stereocenters. The van der Waals surface area contributed by atoms with Crippen molar-refractivity contribution in [2.75, 3.05) is 32.1 Å². The second-order valence-electron chi connectivity index (χ2n) is 8.09. The minimum absolute atomic E-state index is 0.0683. The largest absolute Gasteiger partial charge is 0.465 e. The predicted octanol–water partition coefficient (Wildman–Crippen LogP) is 1.85. The van der Waals surface area contributed by atoms with Crippen molar-refractivity contribution in [3.05, 3.63) is 16.5 Å². The highest BCUT2D eigenvalue weighted by molar-refractivity contribution is 7.20. The Morgan fingerprint density at radius 1 is 1.29 bits per heavy atom. The molecule has 0 aromatic carbocycles. The van der Waals surface area contributed by atoms with Gasteiger partial charge in [0.25, 0.3) is 0 Å². The van der Waals surface area contributed by atoms with E-state index < -0.39 is 35.5 Å². The number of carboxylic acid groups (broad SMARTS) is 1. The van der Waals surface area contributed by atoms with Crippen LogP contribution in [0, 0.1) is 0 Å². The summed E-state index contributed by atoms with van der Waals surface area (Å²) >= 11 is 6.94. The molecule has 0 spiro atoms. The van der Waals surface area contributed by atoms with Gasteiger partial charge in [0.05, 0.1) is 21.4 Å². The molecule has 2 rings (SSSR count). The number of nitrogens with zero attached hydrogens (tertiary/aromatic N) is 2. The molecule has 0 aliphatic carbocycles. The molecule has 12 heteroatoms. The van der Waals surface area contributed by atoms with Gasteiger partial charge >= 0.3 is 17.9 Å². The van der Waals surface area contributed by atoms with Gasteiger partial charge < -0.3 is 25.4 Å². The number of anilines is 1. The minimum atomic E-state index is -1.18. The summed E-state index contributed by atoms with van der Waals surface area (Å²) < 4.78 is 5.36. The van der Waals surface area contributed by atoms with Crippen molar-refractivity contribution in [3.63, 3.8) is 0 Å². The average Bonchev–Trinajstić information content (AvgIpc) is 3.06. The maximum absolute atomic E-state index is 12.5. The molecule has 3 N–H and O–H groups in total. The first kappa shape index (κ1) is 24.9. The number of carbonyl (C=O) groups excluding carboxylic acids is 3. The van der Waals surface area contributed by atoms with Crippen LogP contribution in [-0.2, 0) is 19.1 Å². The lowest BCUT2D eigenvalue weighted by Crippen LogP contribution is -2.66. The fourth-order valence-electron chi connectivity index (χ4n) is 3.51. The number of hydrogen-bond donors (Lipinski definition) is 3. The zero-order chi connectivity index (χ0) is 23.3. The molecule has 2 heterocycles. The molecule has 0 bridgehead atoms. The second-order valence-corrected chi connectivity index (χ2v) is 9.81. The molecule has 1 aromatic heterocycles. The monoisotopic (exact) mass is 474 g/mol. The Kier molecular flexibility index (Phi) is 8.27. The van der Waals surface area contributed by atoms with E-state index in [0.29, 0.717) is 15.9 Å². The first-order chi connectivity index (χ1) is 14.4. The summed E-state index contributed by atoms with van der Waals surface area (Å²) in [6.45, 7) is 5.41. The summed E-state index contributed by atoms with van der Waals surface area (Å²) in [5.41, 5.74) is -0.803. The number of piperidine rings is 1. The molecule has 4 amide bonds. The summed E-state index contributed by atoms with van der Waals surface area (Å²) in [4.78, 5) is 51.9. The standard InChI is InChI=1S/C19H27ClN4O6S/c1-19(2,3)24(18(28)29)12-9-23(15(25)10-30-4)8-7-11(12)21-16(26)17(27)22-14-6-5-13(20)31-14/h5-6,11-12H,7-10H2,1-4H3,(H,21,26)(H,22,27)(H,28,29)/t11-,12+/m0/s1. The lowest BCUT2D eigenvalue weighted by molar-refractivity contribution is -0.140. The first-order valence-electron chi connectivity index (χ1n) is 9.60. The van der Waals surface area contributed by atoms with E-state index in [9.17, 15) is 24.3 Å². The second kappa shape index (κ2) is 10.3. The molecule has 1 aliphatic rings. The van der Waals surface area contributed by atoms with E-state index in [-0.39, 0.29) is 25.5 Å². The van der Waals surface area contributed by atoms with Crippen molar-refractivity contribution in [1.29, 1.82) is 0 Å². The Balaban J connectivity index is 2.19. The van der Waals surface area contributed by atoms with E-state index in [1.807, 2.05) is 0 Å². The van der Waals surface area contributed by atoms with E-state index in [0.717, 1.165) is 11.3 Å². The summed E-state index contributed by atoms with van der Waals surface area (Å²) in [6, 6.07) is 1.76. The summed E-state index contributed by atoms with van der Waals surface area (Å²) in [5, 5.41) is 15.4. The highest BCUT2D eigenvalue weighted by Crippen LogP contribution is 2.27. The van der Waals surface area contributed by atoms with Crippen LogP contribution < -0.4 is 10.6 Å². The highest BCUT2D eigenvalue weighted by atomic mass is 35.5. The van der Waals surface area contributed by atoms with Gasteiger partial charge in [0, 0.05) is 25.7 Å². The Bertz CT molecular complexity index is 840. The molecule has 0 unspecified atom stereocenters. The molecule has 1 aliphatic heterocycles. The molecule has 0 saturated carbocycles. The molecule has 10 nitrogen and oxygen atoms in total. The maximum atomic E-state index is 12.5. The van der Waals surface area contributed by atoms with Crippen LogP contribution in [0.5, 0.6) is 0 Å². The van der Waals surface area contributed by atoms with Crippen LogP contribution in [0.4, 0.5) is 9.80 Å². The fourth-order valence-corrected chi connectivity index (χ4v) is 4.45. The number of methoxy groups -OCH3 is 1. The van der Waals surface area contributed by atoms with Gasteiger partial charge in [-0.1, -0.05) is 11.6 Å². The lowest BCUT2D eigenvalue weighted by Gasteiger charge is -2.47. The van der Waals surface area contributed by atoms with Crippen molar-refractivity contribution in [2.24, 2.45) is 0 Å². The molecule has 31 heavy (non-hydrogen) atoms. The van der Waals surface area contributed by atoms with Crippen LogP contribution in [0.3, 0.4) is 0 Å². The van der Waals surface area contributed by atoms with E-state index >= 15 is 0 Å². The molecule has 1 aromatic rings. The number of amides is 4. The molecule has 1 fully saturated rings. The van der Waals surface area contributed by atoms with E-state index in [4.69, 9.17) is 16.3 Å². The first-order valence-corrected chi connectivity index (χ1v) is 10.8. The van der Waals surface area contributed by atoms with Gasteiger partial charge in [-0.15, -0.1) is 11.3 Å². The van der Waals surface area contributed by atoms with Crippen molar-refractivity contribution >= 4 is 51.8 Å². The SMILES string of the molecule is COCC(=O)N1CC[C@H](NC(=O)C(=O)Nc2ccc(Cl)s2)[C@H](N(C(=O)O)C(C)(C)C)C1. The van der Waals surface area contributed by atoms with Crippen LogP contribution in [0.2, 0.25) is 4.34 Å². The van der Waals surface area contributed by atoms with Gasteiger partial charge in [0.1, 0.15) is 6.61 Å². The number of ether oxygens (including phenoxy) is 1. The van der Waals surface area contributed by atoms with Gasteiger partial charge in [-0.25, -0.2) is 4.79 Å². The number of hydrogen-bond acceptors (Lipinski definition) is 6. The van der Waals surface area contributed by atoms with Gasteiger partial charge in [0.15, 0.2) is 0 Å². The van der Waals surface area contributed by atoms with Crippen molar-refractivity contribution in [2.45, 2.75) is 44.8 Å². The van der Waals surface area contributed by atoms with Crippen LogP contribution in [-0.4, -0.2) is 83.1 Å². The molecular weight excluding hydrogens is 448 g/mol. The molecule has 172 valence electrons. The van der Waals surface area contributed by atoms with Gasteiger partial charge in [-0.05, 0) is 39.3 Å². The predicted molar refractivity (Wildman–Crippen MR) is 116 cm³/mol. The number of nitrogens with one attached hydrogen (secondary N) is 2. The topological polar surface area (TPSA) is 128 Å². The molecular formula is C19H27ClN4O6S. The van der Waals surface area contributed by atoms with Gasteiger partial charge in [0.2, 0.25) is 5.91 Å². The number of halogens is 1. The Hall–Kier alpha value is -2.37. The van der Waals surface area contributed by atoms with E-state index in [1.54, 1.807) is 32.9 Å². The Labute approximate surface area is 189 Å². The summed E-state index contributed by atoms with van der Waals surface area (Å²) in [7, 11) is 1.40. The van der Waals surface area contributed by atoms with Crippen LogP contribution in [0.25, 0.3) is 0 Å². The Morgan fingerprint density at radius 2 is 1.97 bits per heavy atom. The zero-order valence-corrected chi connectivity index (χ0v) is 19.4. The summed E-state index contributed by atoms with van der Waals surface area (Å²) in [5.74, 6) is -2.05. The summed E-state index contributed by atoms with van der Waals surface area (Å²) in [6.07, 6.45) is -0.903. The maximum Gasteiger partial charge on any atom is 0.408 e. The van der Waals surface area contributed by atoms with E-state index in [2.05, 4.69) is 10.6 Å². The van der Waals surface area contributed by atoms with Crippen molar-refractivity contribution in [3.8, 4) is 0 Å². The van der Waals surface area contributed by atoms with Crippen LogP contribution in [0.15, 0.2) is 12.1 Å². The normalized spacial score (nSPS) is 18.9. The van der Waals surface area contributed by atoms with Crippen LogP contribution >= 0.6 is 22.9 Å². The average molecular weight is 475 g/mol. The Morgan fingerprint density at radius 3 is 2.48 bits per heavy atom. The number of rotatable bonds is 5. The van der Waals surface area contributed by atoms with Crippen LogP contribution in [0.1, 0.15) is 27.2 Å². The third kappa shape index (κ3) is 6.55. The number of carbonyl (C=O) groups is 4. The third-order valence-electron chi connectivity index (χ3n) is 4.80. The lowest BCUT2D eigenvalue weighted by atomic mass is 9.93. The molecule has 1 saturated heterocycles. The zero-order valence-electron chi connectivity index (χ0n) is 17.8. The van der Waals surface area contributed by atoms with Crippen molar-refractivity contribution in [1.82, 2.24) is 15.1 Å². The molecule has 0 radical (unpaired) electrons. The van der Waals surface area contributed by atoms with E-state index in [1.165, 1.54) is 16.9 Å². The highest BCUT2D eigenvalue weighted by Gasteiger charge is 2.43. The number of likely N-dealkylation sites (tertiary alicyclic amines) is 1. The number of thiophene rings is 1. The smallest absolute Gasteiger partial charge is 0.408 e. The fraction of sp³-hybridized carbons (Fsp3) is 0.579. The quantitative estimate of drug-likeness (QED) is 0.559. The third-order valence-corrected chi connectivity index (χ3v) is 5.94. The van der Waals surface area contributed by atoms with Crippen molar-refractivity contribution < 1.29 is 29.0 Å². The van der Waals surface area contributed by atoms with Gasteiger partial charge in [-0.3, -0.25) is 19.3 Å². The van der Waals surface area contributed by atoms with Gasteiger partial charge in [-0.2, -0.15) is 0 Å².